The van der Waals surface area contributed by atoms with Crippen LogP contribution in [0.25, 0.3) is 0 Å². The van der Waals surface area contributed by atoms with Crippen molar-refractivity contribution in [2.24, 2.45) is 0 Å². The number of benzene rings is 2. The standard InChI is InChI=1S/C21H22N2O5/c1-13-8-9-17(10-14(13)2)23-20(25)15-6-5-7-16(11-15)22-18(21(26)28-4)12-19(24)27-3/h5-12,22H,1-4H3,(H,23,25)/b18-12+. The first-order valence-corrected chi connectivity index (χ1v) is 8.47. The van der Waals surface area contributed by atoms with Gasteiger partial charge < -0.3 is 20.1 Å². The molecule has 0 fully saturated rings. The molecule has 0 radical (unpaired) electrons. The van der Waals surface area contributed by atoms with Gasteiger partial charge in [0.2, 0.25) is 0 Å². The number of rotatable bonds is 6. The van der Waals surface area contributed by atoms with Crippen molar-refractivity contribution < 1.29 is 23.9 Å². The Morgan fingerprint density at radius 2 is 1.57 bits per heavy atom. The molecule has 2 aromatic rings. The summed E-state index contributed by atoms with van der Waals surface area (Å²) in [6.45, 7) is 3.97. The molecule has 0 saturated carbocycles. The van der Waals surface area contributed by atoms with Crippen molar-refractivity contribution in [1.82, 2.24) is 0 Å². The van der Waals surface area contributed by atoms with Crippen molar-refractivity contribution in [1.29, 1.82) is 0 Å². The van der Waals surface area contributed by atoms with Crippen molar-refractivity contribution >= 4 is 29.2 Å². The molecule has 0 heterocycles. The van der Waals surface area contributed by atoms with Gasteiger partial charge in [0.1, 0.15) is 5.70 Å². The number of amides is 1. The molecule has 7 nitrogen and oxygen atoms in total. The first-order valence-electron chi connectivity index (χ1n) is 8.47. The fourth-order valence-corrected chi connectivity index (χ4v) is 2.35. The molecule has 2 rings (SSSR count). The Kier molecular flexibility index (Phi) is 6.92. The second-order valence-corrected chi connectivity index (χ2v) is 6.03. The van der Waals surface area contributed by atoms with Gasteiger partial charge in [-0.15, -0.1) is 0 Å². The molecular weight excluding hydrogens is 360 g/mol. The van der Waals surface area contributed by atoms with Gasteiger partial charge in [-0.3, -0.25) is 4.79 Å². The van der Waals surface area contributed by atoms with Gasteiger partial charge in [-0.25, -0.2) is 9.59 Å². The molecule has 146 valence electrons. The monoisotopic (exact) mass is 382 g/mol. The minimum absolute atomic E-state index is 0.110. The number of hydrogen-bond donors (Lipinski definition) is 2. The van der Waals surface area contributed by atoms with Crippen LogP contribution in [0.15, 0.2) is 54.2 Å². The lowest BCUT2D eigenvalue weighted by Crippen LogP contribution is -2.16. The van der Waals surface area contributed by atoms with E-state index >= 15 is 0 Å². The molecule has 28 heavy (non-hydrogen) atoms. The maximum absolute atomic E-state index is 12.5. The van der Waals surface area contributed by atoms with E-state index in [-0.39, 0.29) is 11.6 Å². The molecule has 0 atom stereocenters. The van der Waals surface area contributed by atoms with Gasteiger partial charge in [-0.05, 0) is 55.3 Å². The highest BCUT2D eigenvalue weighted by molar-refractivity contribution is 6.05. The van der Waals surface area contributed by atoms with E-state index in [0.29, 0.717) is 16.9 Å². The maximum Gasteiger partial charge on any atom is 0.354 e. The summed E-state index contributed by atoms with van der Waals surface area (Å²) in [7, 11) is 2.40. The van der Waals surface area contributed by atoms with Crippen molar-refractivity contribution in [3.8, 4) is 0 Å². The Morgan fingerprint density at radius 1 is 0.857 bits per heavy atom. The lowest BCUT2D eigenvalue weighted by molar-refractivity contribution is -0.138. The van der Waals surface area contributed by atoms with E-state index in [1.165, 1.54) is 14.2 Å². The summed E-state index contributed by atoms with van der Waals surface area (Å²) < 4.78 is 9.18. The second kappa shape index (κ2) is 9.36. The molecule has 7 heteroatoms. The molecule has 0 aliphatic carbocycles. The third kappa shape index (κ3) is 5.44. The first-order chi connectivity index (χ1) is 13.3. The van der Waals surface area contributed by atoms with Crippen LogP contribution in [0.2, 0.25) is 0 Å². The topological polar surface area (TPSA) is 93.7 Å². The molecule has 0 aromatic heterocycles. The lowest BCUT2D eigenvalue weighted by Gasteiger charge is -2.11. The molecule has 2 aromatic carbocycles. The van der Waals surface area contributed by atoms with Crippen molar-refractivity contribution in [3.63, 3.8) is 0 Å². The number of carbonyl (C=O) groups excluding carboxylic acids is 3. The third-order valence-corrected chi connectivity index (χ3v) is 4.04. The summed E-state index contributed by atoms with van der Waals surface area (Å²) >= 11 is 0. The summed E-state index contributed by atoms with van der Waals surface area (Å²) in [6, 6.07) is 12.2. The highest BCUT2D eigenvalue weighted by Gasteiger charge is 2.14. The minimum atomic E-state index is -0.740. The number of esters is 2. The number of ether oxygens (including phenoxy) is 2. The van der Waals surface area contributed by atoms with E-state index in [1.54, 1.807) is 24.3 Å². The van der Waals surface area contributed by atoms with Crippen LogP contribution in [-0.4, -0.2) is 32.1 Å². The number of methoxy groups -OCH3 is 2. The largest absolute Gasteiger partial charge is 0.466 e. The Hall–Kier alpha value is -3.61. The van der Waals surface area contributed by atoms with E-state index in [4.69, 9.17) is 0 Å². The smallest absolute Gasteiger partial charge is 0.354 e. The molecule has 0 aliphatic heterocycles. The van der Waals surface area contributed by atoms with Crippen molar-refractivity contribution in [3.05, 3.63) is 70.9 Å². The van der Waals surface area contributed by atoms with Crippen LogP contribution in [0.3, 0.4) is 0 Å². The molecule has 2 N–H and O–H groups in total. The fourth-order valence-electron chi connectivity index (χ4n) is 2.35. The van der Waals surface area contributed by atoms with Crippen LogP contribution in [0.1, 0.15) is 21.5 Å². The SMILES string of the molecule is COC(=O)/C=C(/Nc1cccc(C(=O)Nc2ccc(C)c(C)c2)c1)C(=O)OC. The van der Waals surface area contributed by atoms with E-state index in [0.717, 1.165) is 17.2 Å². The molecule has 1 amide bonds. The zero-order valence-electron chi connectivity index (χ0n) is 16.2. The number of hydrogen-bond acceptors (Lipinski definition) is 6. The summed E-state index contributed by atoms with van der Waals surface area (Å²) in [5.74, 6) is -1.75. The van der Waals surface area contributed by atoms with Gasteiger partial charge in [-0.1, -0.05) is 12.1 Å². The Morgan fingerprint density at radius 3 is 2.21 bits per heavy atom. The molecule has 0 unspecified atom stereocenters. The number of anilines is 2. The average molecular weight is 382 g/mol. The van der Waals surface area contributed by atoms with Crippen LogP contribution < -0.4 is 10.6 Å². The summed E-state index contributed by atoms with van der Waals surface area (Å²) in [6.07, 6.45) is 0.980. The zero-order valence-corrected chi connectivity index (χ0v) is 16.2. The van der Waals surface area contributed by atoms with Crippen LogP contribution in [0.5, 0.6) is 0 Å². The Bertz CT molecular complexity index is 934. The lowest BCUT2D eigenvalue weighted by atomic mass is 10.1. The predicted octanol–water partition coefficient (Wildman–Crippen LogP) is 3.20. The normalized spacial score (nSPS) is 10.8. The van der Waals surface area contributed by atoms with Crippen molar-refractivity contribution in [2.75, 3.05) is 24.9 Å². The van der Waals surface area contributed by atoms with E-state index in [2.05, 4.69) is 20.1 Å². The van der Waals surface area contributed by atoms with Gasteiger partial charge in [0.25, 0.3) is 5.91 Å². The fraction of sp³-hybridized carbons (Fsp3) is 0.190. The number of carbonyl (C=O) groups is 3. The van der Waals surface area contributed by atoms with Gasteiger partial charge in [0.05, 0.1) is 20.3 Å². The maximum atomic E-state index is 12.5. The third-order valence-electron chi connectivity index (χ3n) is 4.04. The van der Waals surface area contributed by atoms with Crippen LogP contribution in [0, 0.1) is 13.8 Å². The quantitative estimate of drug-likeness (QED) is 0.589. The van der Waals surface area contributed by atoms with Gasteiger partial charge >= 0.3 is 11.9 Å². The summed E-state index contributed by atoms with van der Waals surface area (Å²) in [5, 5.41) is 5.61. The van der Waals surface area contributed by atoms with E-state index in [9.17, 15) is 14.4 Å². The number of nitrogens with one attached hydrogen (secondary N) is 2. The zero-order chi connectivity index (χ0) is 20.7. The predicted molar refractivity (Wildman–Crippen MR) is 106 cm³/mol. The van der Waals surface area contributed by atoms with Crippen molar-refractivity contribution in [2.45, 2.75) is 13.8 Å². The Balaban J connectivity index is 2.21. The molecule has 0 spiro atoms. The number of aryl methyl sites for hydroxylation is 2. The second-order valence-electron chi connectivity index (χ2n) is 6.03. The average Bonchev–Trinajstić information content (AvgIpc) is 2.69. The van der Waals surface area contributed by atoms with E-state index < -0.39 is 11.9 Å². The molecule has 0 bridgehead atoms. The minimum Gasteiger partial charge on any atom is -0.466 e. The Labute approximate surface area is 163 Å². The first kappa shape index (κ1) is 20.7. The highest BCUT2D eigenvalue weighted by atomic mass is 16.5. The summed E-state index contributed by atoms with van der Waals surface area (Å²) in [4.78, 5) is 35.8. The van der Waals surface area contributed by atoms with Gasteiger partial charge in [0, 0.05) is 16.9 Å². The van der Waals surface area contributed by atoms with Crippen LogP contribution >= 0.6 is 0 Å². The molecular formula is C21H22N2O5. The molecule has 0 saturated heterocycles. The summed E-state index contributed by atoms with van der Waals surface area (Å²) in [5.41, 5.74) is 3.60. The van der Waals surface area contributed by atoms with Crippen LogP contribution in [-0.2, 0) is 19.1 Å². The molecule has 0 aliphatic rings. The van der Waals surface area contributed by atoms with E-state index in [1.807, 2.05) is 32.0 Å². The van der Waals surface area contributed by atoms with Gasteiger partial charge in [0.15, 0.2) is 0 Å². The van der Waals surface area contributed by atoms with Gasteiger partial charge in [-0.2, -0.15) is 0 Å². The van der Waals surface area contributed by atoms with Crippen LogP contribution in [0.4, 0.5) is 11.4 Å². The highest BCUT2D eigenvalue weighted by Crippen LogP contribution is 2.18.